The van der Waals surface area contributed by atoms with Gasteiger partial charge in [-0.25, -0.2) is 9.59 Å². The molecule has 0 bridgehead atoms. The number of ether oxygens (including phenoxy) is 1. The molecule has 0 saturated heterocycles. The molecule has 1 aromatic rings. The lowest BCUT2D eigenvalue weighted by Gasteiger charge is -2.09. The molecule has 88 valence electrons. The number of aryl methyl sites for hydroxylation is 2. The van der Waals surface area contributed by atoms with Crippen molar-refractivity contribution in [2.75, 3.05) is 6.61 Å². The van der Waals surface area contributed by atoms with Gasteiger partial charge in [0.25, 0.3) is 0 Å². The second-order valence-corrected chi connectivity index (χ2v) is 3.27. The Bertz CT molecular complexity index is 409. The summed E-state index contributed by atoms with van der Waals surface area (Å²) >= 11 is 0. The number of rotatable bonds is 4. The van der Waals surface area contributed by atoms with Crippen molar-refractivity contribution < 1.29 is 9.53 Å². The van der Waals surface area contributed by atoms with Gasteiger partial charge in [0.1, 0.15) is 5.56 Å². The normalized spacial score (nSPS) is 10.2. The van der Waals surface area contributed by atoms with Crippen LogP contribution in [0.2, 0.25) is 0 Å². The first-order valence-electron chi connectivity index (χ1n) is 5.43. The minimum Gasteiger partial charge on any atom is -0.462 e. The van der Waals surface area contributed by atoms with Crippen molar-refractivity contribution in [2.45, 2.75) is 33.6 Å². The van der Waals surface area contributed by atoms with Crippen LogP contribution in [-0.2, 0) is 17.6 Å². The summed E-state index contributed by atoms with van der Waals surface area (Å²) in [6.07, 6.45) is 1.10. The van der Waals surface area contributed by atoms with Crippen LogP contribution < -0.4 is 5.69 Å². The van der Waals surface area contributed by atoms with Crippen molar-refractivity contribution in [3.63, 3.8) is 0 Å². The molecule has 0 unspecified atom stereocenters. The highest BCUT2D eigenvalue weighted by atomic mass is 16.5. The Hall–Kier alpha value is -1.65. The summed E-state index contributed by atoms with van der Waals surface area (Å²) in [5.74, 6) is -0.417. The van der Waals surface area contributed by atoms with Crippen LogP contribution in [-0.4, -0.2) is 22.5 Å². The van der Waals surface area contributed by atoms with Gasteiger partial charge in [-0.15, -0.1) is 0 Å². The van der Waals surface area contributed by atoms with Gasteiger partial charge in [0.05, 0.1) is 12.3 Å². The highest BCUT2D eigenvalue weighted by Gasteiger charge is 2.18. The number of nitrogens with zero attached hydrogens (tertiary/aromatic N) is 1. The fraction of sp³-hybridized carbons (Fsp3) is 0.545. The van der Waals surface area contributed by atoms with Crippen LogP contribution in [0.25, 0.3) is 0 Å². The SMILES string of the molecule is CCOC(=O)c1c(CC)nc(=O)[nH]c1CC. The van der Waals surface area contributed by atoms with Crippen LogP contribution in [0.4, 0.5) is 0 Å². The molecule has 0 fully saturated rings. The summed E-state index contributed by atoms with van der Waals surface area (Å²) in [5.41, 5.74) is 1.09. The van der Waals surface area contributed by atoms with Gasteiger partial charge < -0.3 is 9.72 Å². The van der Waals surface area contributed by atoms with Crippen LogP contribution in [0.1, 0.15) is 42.5 Å². The molecule has 0 amide bonds. The van der Waals surface area contributed by atoms with E-state index in [-0.39, 0.29) is 0 Å². The zero-order chi connectivity index (χ0) is 12.1. The third kappa shape index (κ3) is 2.48. The first-order valence-corrected chi connectivity index (χ1v) is 5.43. The smallest absolute Gasteiger partial charge is 0.345 e. The van der Waals surface area contributed by atoms with Crippen LogP contribution in [0.3, 0.4) is 0 Å². The third-order valence-corrected chi connectivity index (χ3v) is 2.25. The molecule has 0 aliphatic carbocycles. The molecule has 0 aromatic carbocycles. The molecular weight excluding hydrogens is 208 g/mol. The Morgan fingerprint density at radius 1 is 1.31 bits per heavy atom. The van der Waals surface area contributed by atoms with E-state index in [4.69, 9.17) is 4.74 Å². The molecule has 0 spiro atoms. The number of aromatic nitrogens is 2. The summed E-state index contributed by atoms with van der Waals surface area (Å²) in [5, 5.41) is 0. The molecular formula is C11H16N2O3. The number of nitrogens with one attached hydrogen (secondary N) is 1. The average molecular weight is 224 g/mol. The topological polar surface area (TPSA) is 72.0 Å². The van der Waals surface area contributed by atoms with Gasteiger partial charge in [-0.2, -0.15) is 4.98 Å². The summed E-state index contributed by atoms with van der Waals surface area (Å²) in [4.78, 5) is 29.3. The predicted octanol–water partition coefficient (Wildman–Crippen LogP) is 1.07. The Kier molecular flexibility index (Phi) is 4.22. The number of hydrogen-bond acceptors (Lipinski definition) is 4. The van der Waals surface area contributed by atoms with E-state index in [0.717, 1.165) is 0 Å². The van der Waals surface area contributed by atoms with Gasteiger partial charge in [-0.3, -0.25) is 0 Å². The number of esters is 1. The highest BCUT2D eigenvalue weighted by molar-refractivity contribution is 5.91. The van der Waals surface area contributed by atoms with Gasteiger partial charge >= 0.3 is 11.7 Å². The maximum Gasteiger partial charge on any atom is 0.345 e. The van der Waals surface area contributed by atoms with Gasteiger partial charge in [0.15, 0.2) is 0 Å². The second kappa shape index (κ2) is 5.44. The van der Waals surface area contributed by atoms with Crippen molar-refractivity contribution in [1.29, 1.82) is 0 Å². The molecule has 5 nitrogen and oxygen atoms in total. The van der Waals surface area contributed by atoms with Gasteiger partial charge in [-0.05, 0) is 19.8 Å². The quantitative estimate of drug-likeness (QED) is 0.776. The lowest BCUT2D eigenvalue weighted by atomic mass is 10.1. The Balaban J connectivity index is 3.32. The van der Waals surface area contributed by atoms with Crippen LogP contribution in [0, 0.1) is 0 Å². The summed E-state index contributed by atoms with van der Waals surface area (Å²) in [7, 11) is 0. The molecule has 1 aromatic heterocycles. The minimum absolute atomic E-state index is 0.310. The Labute approximate surface area is 93.9 Å². The fourth-order valence-electron chi connectivity index (χ4n) is 1.54. The van der Waals surface area contributed by atoms with E-state index in [1.54, 1.807) is 6.92 Å². The molecule has 0 aliphatic rings. The van der Waals surface area contributed by atoms with Gasteiger partial charge in [-0.1, -0.05) is 13.8 Å². The number of carbonyl (C=O) groups excluding carboxylic acids is 1. The predicted molar refractivity (Wildman–Crippen MR) is 59.6 cm³/mol. The molecule has 0 aliphatic heterocycles. The van der Waals surface area contributed by atoms with Crippen molar-refractivity contribution >= 4 is 5.97 Å². The fourth-order valence-corrected chi connectivity index (χ4v) is 1.54. The van der Waals surface area contributed by atoms with E-state index in [9.17, 15) is 9.59 Å². The van der Waals surface area contributed by atoms with Crippen LogP contribution >= 0.6 is 0 Å². The number of hydrogen-bond donors (Lipinski definition) is 1. The molecule has 5 heteroatoms. The summed E-state index contributed by atoms with van der Waals surface area (Å²) in [6.45, 7) is 5.77. The van der Waals surface area contributed by atoms with Crippen LogP contribution in [0.5, 0.6) is 0 Å². The maximum absolute atomic E-state index is 11.7. The molecule has 1 N–H and O–H groups in total. The third-order valence-electron chi connectivity index (χ3n) is 2.25. The monoisotopic (exact) mass is 224 g/mol. The maximum atomic E-state index is 11.7. The van der Waals surface area contributed by atoms with E-state index in [1.165, 1.54) is 0 Å². The number of H-pyrrole nitrogens is 1. The zero-order valence-electron chi connectivity index (χ0n) is 9.79. The van der Waals surface area contributed by atoms with E-state index < -0.39 is 11.7 Å². The molecule has 0 radical (unpaired) electrons. The van der Waals surface area contributed by atoms with Crippen molar-refractivity contribution in [3.8, 4) is 0 Å². The lowest BCUT2D eigenvalue weighted by molar-refractivity contribution is 0.0522. The van der Waals surface area contributed by atoms with Gasteiger partial charge in [0.2, 0.25) is 0 Å². The van der Waals surface area contributed by atoms with Crippen molar-refractivity contribution in [2.24, 2.45) is 0 Å². The zero-order valence-corrected chi connectivity index (χ0v) is 9.79. The lowest BCUT2D eigenvalue weighted by Crippen LogP contribution is -2.22. The highest BCUT2D eigenvalue weighted by Crippen LogP contribution is 2.11. The minimum atomic E-state index is -0.417. The molecule has 1 rings (SSSR count). The van der Waals surface area contributed by atoms with Crippen molar-refractivity contribution in [3.05, 3.63) is 27.4 Å². The average Bonchev–Trinajstić information content (AvgIpc) is 2.27. The summed E-state index contributed by atoms with van der Waals surface area (Å²) in [6, 6.07) is 0. The van der Waals surface area contributed by atoms with Crippen molar-refractivity contribution in [1.82, 2.24) is 9.97 Å². The Morgan fingerprint density at radius 2 is 2.00 bits per heavy atom. The molecule has 0 saturated carbocycles. The van der Waals surface area contributed by atoms with Gasteiger partial charge in [0, 0.05) is 5.69 Å². The number of aromatic amines is 1. The standard InChI is InChI=1S/C11H16N2O3/c1-4-7-9(10(14)16-6-3)8(5-2)13-11(15)12-7/h4-6H2,1-3H3,(H,12,13,15). The molecule has 1 heterocycles. The largest absolute Gasteiger partial charge is 0.462 e. The molecule has 0 atom stereocenters. The van der Waals surface area contributed by atoms with E-state index in [1.807, 2.05) is 13.8 Å². The summed E-state index contributed by atoms with van der Waals surface area (Å²) < 4.78 is 4.95. The second-order valence-electron chi connectivity index (χ2n) is 3.27. The number of carbonyl (C=O) groups is 1. The first kappa shape index (κ1) is 12.4. The molecule has 16 heavy (non-hydrogen) atoms. The Morgan fingerprint density at radius 3 is 2.50 bits per heavy atom. The van der Waals surface area contributed by atoms with E-state index in [2.05, 4.69) is 9.97 Å². The first-order chi connectivity index (χ1) is 7.63. The van der Waals surface area contributed by atoms with E-state index in [0.29, 0.717) is 36.4 Å². The van der Waals surface area contributed by atoms with E-state index >= 15 is 0 Å². The van der Waals surface area contributed by atoms with Crippen LogP contribution in [0.15, 0.2) is 4.79 Å².